The van der Waals surface area contributed by atoms with Crippen molar-refractivity contribution in [2.75, 3.05) is 0 Å². The van der Waals surface area contributed by atoms with Gasteiger partial charge in [0.25, 0.3) is 0 Å². The Balaban J connectivity index is 1.98. The van der Waals surface area contributed by atoms with E-state index in [4.69, 9.17) is 4.74 Å². The third-order valence-electron chi connectivity index (χ3n) is 2.79. The van der Waals surface area contributed by atoms with Gasteiger partial charge < -0.3 is 4.74 Å². The Morgan fingerprint density at radius 2 is 2.06 bits per heavy atom. The summed E-state index contributed by atoms with van der Waals surface area (Å²) in [4.78, 5) is 13.2. The molecule has 2 heterocycles. The maximum atomic E-state index is 12.1. The van der Waals surface area contributed by atoms with Crippen LogP contribution in [0, 0.1) is 0 Å². The maximum Gasteiger partial charge on any atom is 0.170 e. The largest absolute Gasteiger partial charge is 0.484 e. The topological polar surface area (TPSA) is 26.3 Å². The molecule has 1 unspecified atom stereocenters. The zero-order valence-corrected chi connectivity index (χ0v) is 13.1. The van der Waals surface area contributed by atoms with Crippen LogP contribution in [0.3, 0.4) is 0 Å². The SMILES string of the molecule is O=C1CC(c2cc(Br)cs2)Oc2cc(Br)ccc21. The Kier molecular flexibility index (Phi) is 3.30. The molecule has 0 radical (unpaired) electrons. The van der Waals surface area contributed by atoms with Gasteiger partial charge in [-0.05, 0) is 40.2 Å². The number of Topliss-reactive ketones (excluding diaryl/α,β-unsaturated/α-hetero) is 1. The van der Waals surface area contributed by atoms with Gasteiger partial charge in [0, 0.05) is 19.2 Å². The van der Waals surface area contributed by atoms with Crippen LogP contribution in [0.5, 0.6) is 5.75 Å². The van der Waals surface area contributed by atoms with Gasteiger partial charge in [-0.2, -0.15) is 0 Å². The molecule has 1 aromatic carbocycles. The second-order valence-electron chi connectivity index (χ2n) is 4.04. The molecule has 1 aliphatic rings. The predicted molar refractivity (Wildman–Crippen MR) is 78.5 cm³/mol. The van der Waals surface area contributed by atoms with E-state index in [9.17, 15) is 4.79 Å². The fraction of sp³-hybridized carbons (Fsp3) is 0.154. The predicted octanol–water partition coefficient (Wildman–Crippen LogP) is 4.98. The van der Waals surface area contributed by atoms with Crippen LogP contribution in [-0.2, 0) is 0 Å². The first-order valence-electron chi connectivity index (χ1n) is 5.37. The van der Waals surface area contributed by atoms with Gasteiger partial charge in [0.15, 0.2) is 5.78 Å². The molecular formula is C13H8Br2O2S. The van der Waals surface area contributed by atoms with Gasteiger partial charge in [0.1, 0.15) is 11.9 Å². The minimum Gasteiger partial charge on any atom is -0.484 e. The Hall–Kier alpha value is -0.650. The summed E-state index contributed by atoms with van der Waals surface area (Å²) >= 11 is 8.42. The highest BCUT2D eigenvalue weighted by atomic mass is 79.9. The van der Waals surface area contributed by atoms with Gasteiger partial charge in [-0.1, -0.05) is 15.9 Å². The molecule has 0 bridgehead atoms. The highest BCUT2D eigenvalue weighted by molar-refractivity contribution is 9.10. The summed E-state index contributed by atoms with van der Waals surface area (Å²) in [5.74, 6) is 0.799. The Labute approximate surface area is 125 Å². The standard InChI is InChI=1S/C13H8Br2O2S/c14-7-1-2-9-10(16)5-12(17-11(9)3-7)13-4-8(15)6-18-13/h1-4,6,12H,5H2. The van der Waals surface area contributed by atoms with Crippen molar-refractivity contribution >= 4 is 49.0 Å². The van der Waals surface area contributed by atoms with Crippen LogP contribution in [0.15, 0.2) is 38.6 Å². The average Bonchev–Trinajstić information content (AvgIpc) is 2.75. The van der Waals surface area contributed by atoms with E-state index < -0.39 is 0 Å². The first kappa shape index (κ1) is 12.4. The fourth-order valence-electron chi connectivity index (χ4n) is 1.95. The lowest BCUT2D eigenvalue weighted by atomic mass is 10.00. The number of fused-ring (bicyclic) bond motifs is 1. The highest BCUT2D eigenvalue weighted by Gasteiger charge is 2.28. The van der Waals surface area contributed by atoms with E-state index >= 15 is 0 Å². The number of benzene rings is 1. The van der Waals surface area contributed by atoms with Gasteiger partial charge >= 0.3 is 0 Å². The lowest BCUT2D eigenvalue weighted by Gasteiger charge is -2.24. The Morgan fingerprint density at radius 3 is 2.78 bits per heavy atom. The first-order chi connectivity index (χ1) is 8.63. The van der Waals surface area contributed by atoms with Crippen molar-refractivity contribution in [2.24, 2.45) is 0 Å². The molecule has 2 aromatic rings. The molecule has 92 valence electrons. The van der Waals surface area contributed by atoms with Gasteiger partial charge in [-0.25, -0.2) is 0 Å². The number of carbonyl (C=O) groups is 1. The minimum absolute atomic E-state index is 0.137. The number of ether oxygens (including phenoxy) is 1. The summed E-state index contributed by atoms with van der Waals surface area (Å²) in [6.07, 6.45) is 0.234. The quantitative estimate of drug-likeness (QED) is 0.689. The Bertz CT molecular complexity index is 621. The highest BCUT2D eigenvalue weighted by Crippen LogP contribution is 2.38. The minimum atomic E-state index is -0.171. The van der Waals surface area contributed by atoms with Crippen LogP contribution in [0.2, 0.25) is 0 Å². The van der Waals surface area contributed by atoms with Crippen molar-refractivity contribution in [3.8, 4) is 5.75 Å². The molecular weight excluding hydrogens is 380 g/mol. The molecule has 0 saturated heterocycles. The summed E-state index contributed by atoms with van der Waals surface area (Å²) in [7, 11) is 0. The van der Waals surface area contributed by atoms with Gasteiger partial charge in [0.05, 0.1) is 12.0 Å². The number of rotatable bonds is 1. The van der Waals surface area contributed by atoms with Crippen molar-refractivity contribution in [2.45, 2.75) is 12.5 Å². The summed E-state index contributed by atoms with van der Waals surface area (Å²) in [6.45, 7) is 0. The van der Waals surface area contributed by atoms with E-state index in [1.807, 2.05) is 29.6 Å². The monoisotopic (exact) mass is 386 g/mol. The van der Waals surface area contributed by atoms with Crippen LogP contribution in [0.25, 0.3) is 0 Å². The Morgan fingerprint density at radius 1 is 1.22 bits per heavy atom. The molecule has 1 atom stereocenters. The number of ketones is 1. The van der Waals surface area contributed by atoms with E-state index in [-0.39, 0.29) is 11.9 Å². The molecule has 2 nitrogen and oxygen atoms in total. The van der Waals surface area contributed by atoms with Crippen LogP contribution in [0.1, 0.15) is 27.8 Å². The van der Waals surface area contributed by atoms with Crippen LogP contribution < -0.4 is 4.74 Å². The summed E-state index contributed by atoms with van der Waals surface area (Å²) in [6, 6.07) is 7.53. The zero-order chi connectivity index (χ0) is 12.7. The van der Waals surface area contributed by atoms with Crippen molar-refractivity contribution in [1.82, 2.24) is 0 Å². The molecule has 0 N–H and O–H groups in total. The van der Waals surface area contributed by atoms with E-state index in [1.54, 1.807) is 11.3 Å². The van der Waals surface area contributed by atoms with Crippen LogP contribution in [-0.4, -0.2) is 5.78 Å². The lowest BCUT2D eigenvalue weighted by molar-refractivity contribution is 0.0854. The molecule has 0 aliphatic carbocycles. The summed E-state index contributed by atoms with van der Waals surface area (Å²) < 4.78 is 7.87. The number of hydrogen-bond acceptors (Lipinski definition) is 3. The van der Waals surface area contributed by atoms with Crippen molar-refractivity contribution in [3.63, 3.8) is 0 Å². The third-order valence-corrected chi connectivity index (χ3v) is 5.07. The number of hydrogen-bond donors (Lipinski definition) is 0. The lowest BCUT2D eigenvalue weighted by Crippen LogP contribution is -2.19. The number of halogens is 2. The van der Waals surface area contributed by atoms with Crippen LogP contribution >= 0.6 is 43.2 Å². The molecule has 18 heavy (non-hydrogen) atoms. The fourth-order valence-corrected chi connectivity index (χ4v) is 3.77. The van der Waals surface area contributed by atoms with E-state index in [2.05, 4.69) is 31.9 Å². The van der Waals surface area contributed by atoms with Crippen LogP contribution in [0.4, 0.5) is 0 Å². The first-order valence-corrected chi connectivity index (χ1v) is 7.83. The van der Waals surface area contributed by atoms with E-state index in [0.717, 1.165) is 13.8 Å². The second kappa shape index (κ2) is 4.79. The maximum absolute atomic E-state index is 12.1. The molecule has 0 saturated carbocycles. The zero-order valence-electron chi connectivity index (χ0n) is 9.15. The molecule has 0 fully saturated rings. The molecule has 0 amide bonds. The van der Waals surface area contributed by atoms with Crippen molar-refractivity contribution < 1.29 is 9.53 Å². The van der Waals surface area contributed by atoms with Gasteiger partial charge in [0.2, 0.25) is 0 Å². The molecule has 3 rings (SSSR count). The normalized spacial score (nSPS) is 18.3. The second-order valence-corrected chi connectivity index (χ2v) is 6.82. The number of carbonyl (C=O) groups excluding carboxylic acids is 1. The molecule has 5 heteroatoms. The van der Waals surface area contributed by atoms with Crippen molar-refractivity contribution in [3.05, 3.63) is 49.0 Å². The number of thiophene rings is 1. The van der Waals surface area contributed by atoms with Gasteiger partial charge in [-0.15, -0.1) is 11.3 Å². The smallest absolute Gasteiger partial charge is 0.170 e. The summed E-state index contributed by atoms with van der Waals surface area (Å²) in [5.41, 5.74) is 0.671. The molecule has 0 spiro atoms. The summed E-state index contributed by atoms with van der Waals surface area (Å²) in [5, 5.41) is 2.00. The van der Waals surface area contributed by atoms with E-state index in [0.29, 0.717) is 17.7 Å². The van der Waals surface area contributed by atoms with Gasteiger partial charge in [-0.3, -0.25) is 4.79 Å². The molecule has 1 aliphatic heterocycles. The van der Waals surface area contributed by atoms with E-state index in [1.165, 1.54) is 0 Å². The molecule has 1 aromatic heterocycles. The van der Waals surface area contributed by atoms with Crippen molar-refractivity contribution in [1.29, 1.82) is 0 Å². The third kappa shape index (κ3) is 2.27. The average molecular weight is 388 g/mol.